The topological polar surface area (TPSA) is 101 Å². The molecule has 2 N–H and O–H groups in total. The second kappa shape index (κ2) is 3.78. The molecule has 0 aliphatic heterocycles. The van der Waals surface area contributed by atoms with Crippen molar-refractivity contribution in [3.8, 4) is 0 Å². The lowest BCUT2D eigenvalue weighted by Crippen LogP contribution is -2.09. The molecule has 1 aromatic carbocycles. The van der Waals surface area contributed by atoms with E-state index in [2.05, 4.69) is 15.9 Å². The smallest absolute Gasteiger partial charge is 0.321 e. The van der Waals surface area contributed by atoms with E-state index in [1.165, 1.54) is 6.07 Å². The molecule has 0 aliphatic carbocycles. The predicted octanol–water partition coefficient (Wildman–Crippen LogP) is 1.16. The van der Waals surface area contributed by atoms with Gasteiger partial charge in [0, 0.05) is 10.5 Å². The molecule has 0 saturated carbocycles. The summed E-state index contributed by atoms with van der Waals surface area (Å²) in [7, 11) is -4.59. The zero-order valence-electron chi connectivity index (χ0n) is 6.62. The van der Waals surface area contributed by atoms with Crippen molar-refractivity contribution in [1.29, 1.82) is 0 Å². The lowest BCUT2D eigenvalue weighted by molar-refractivity contribution is -0.383. The molecule has 0 amide bonds. The van der Waals surface area contributed by atoms with Crippen LogP contribution in [0.25, 0.3) is 0 Å². The van der Waals surface area contributed by atoms with Gasteiger partial charge in [0.15, 0.2) is 0 Å². The molecule has 8 heteroatoms. The first-order valence-electron chi connectivity index (χ1n) is 3.32. The molecule has 6 nitrogen and oxygen atoms in total. The molecular weight excluding hydrogens is 277 g/mol. The number of hydrogen-bond acceptors (Lipinski definition) is 3. The van der Waals surface area contributed by atoms with E-state index in [1.54, 1.807) is 0 Å². The summed E-state index contributed by atoms with van der Waals surface area (Å²) in [4.78, 5) is 27.2. The Morgan fingerprint density at radius 1 is 1.43 bits per heavy atom. The minimum Gasteiger partial charge on any atom is -0.321 e. The molecule has 0 spiro atoms. The molecule has 0 unspecified atom stereocenters. The molecule has 0 aliphatic rings. The molecule has 14 heavy (non-hydrogen) atoms. The summed E-state index contributed by atoms with van der Waals surface area (Å²) in [5.74, 6) is 0. The van der Waals surface area contributed by atoms with Gasteiger partial charge in [-0.3, -0.25) is 14.7 Å². The van der Waals surface area contributed by atoms with Gasteiger partial charge in [0.25, 0.3) is 5.69 Å². The quantitative estimate of drug-likeness (QED) is 0.481. The first-order valence-corrected chi connectivity index (χ1v) is 5.73. The molecule has 0 radical (unpaired) electrons. The highest BCUT2D eigenvalue weighted by molar-refractivity contribution is 9.10. The third kappa shape index (κ3) is 2.39. The van der Waals surface area contributed by atoms with Crippen LogP contribution in [0.5, 0.6) is 0 Å². The number of benzene rings is 1. The maximum absolute atomic E-state index is 10.8. The highest BCUT2D eigenvalue weighted by Crippen LogP contribution is 2.37. The van der Waals surface area contributed by atoms with Crippen molar-refractivity contribution >= 4 is 34.5 Å². The average Bonchev–Trinajstić information content (AvgIpc) is 2.01. The van der Waals surface area contributed by atoms with Crippen molar-refractivity contribution in [2.45, 2.75) is 0 Å². The number of halogens is 1. The summed E-state index contributed by atoms with van der Waals surface area (Å²) < 4.78 is 11.2. The van der Waals surface area contributed by atoms with Crippen molar-refractivity contribution in [2.24, 2.45) is 0 Å². The second-order valence-corrected chi connectivity index (χ2v) is 4.92. The summed E-state index contributed by atoms with van der Waals surface area (Å²) in [6.45, 7) is 0. The minimum absolute atomic E-state index is 0.390. The Labute approximate surface area is 87.0 Å². The predicted molar refractivity (Wildman–Crippen MR) is 52.5 cm³/mol. The maximum atomic E-state index is 10.8. The van der Waals surface area contributed by atoms with Crippen LogP contribution in [0.1, 0.15) is 0 Å². The second-order valence-electron chi connectivity index (χ2n) is 2.43. The zero-order valence-corrected chi connectivity index (χ0v) is 9.10. The molecule has 1 rings (SSSR count). The fourth-order valence-electron chi connectivity index (χ4n) is 0.889. The van der Waals surface area contributed by atoms with Crippen molar-refractivity contribution in [3.05, 3.63) is 32.8 Å². The Hall–Kier alpha value is -0.750. The Kier molecular flexibility index (Phi) is 3.06. The normalized spacial score (nSPS) is 11.4. The molecule has 0 fully saturated rings. The Balaban J connectivity index is 3.45. The van der Waals surface area contributed by atoms with Gasteiger partial charge in [0.05, 0.1) is 4.92 Å². The Bertz CT molecular complexity index is 428. The molecule has 0 saturated heterocycles. The van der Waals surface area contributed by atoms with Crippen LogP contribution in [-0.4, -0.2) is 14.7 Å². The lowest BCUT2D eigenvalue weighted by Gasteiger charge is -2.04. The molecule has 0 atom stereocenters. The molecule has 0 bridgehead atoms. The van der Waals surface area contributed by atoms with Crippen LogP contribution in [0.4, 0.5) is 5.69 Å². The van der Waals surface area contributed by atoms with Gasteiger partial charge in [-0.05, 0) is 12.1 Å². The van der Waals surface area contributed by atoms with Crippen LogP contribution in [0.15, 0.2) is 22.7 Å². The number of nitrogens with zero attached hydrogens (tertiary/aromatic N) is 1. The number of nitro benzene ring substituents is 1. The summed E-state index contributed by atoms with van der Waals surface area (Å²) in [5.41, 5.74) is -0.590. The van der Waals surface area contributed by atoms with Gasteiger partial charge in [-0.1, -0.05) is 15.9 Å². The van der Waals surface area contributed by atoms with Crippen molar-refractivity contribution in [1.82, 2.24) is 0 Å². The number of rotatable bonds is 2. The molecular formula is C6H5BrNO5P. The lowest BCUT2D eigenvalue weighted by atomic mass is 10.3. The van der Waals surface area contributed by atoms with E-state index in [9.17, 15) is 14.7 Å². The first-order chi connectivity index (χ1) is 6.32. The summed E-state index contributed by atoms with van der Waals surface area (Å²) in [6.07, 6.45) is 0. The molecule has 0 heterocycles. The Morgan fingerprint density at radius 3 is 2.43 bits per heavy atom. The van der Waals surface area contributed by atoms with Crippen LogP contribution >= 0.6 is 23.5 Å². The van der Waals surface area contributed by atoms with Crippen LogP contribution in [-0.2, 0) is 4.57 Å². The summed E-state index contributed by atoms with van der Waals surface area (Å²) >= 11 is 2.97. The van der Waals surface area contributed by atoms with Crippen LogP contribution in [0.3, 0.4) is 0 Å². The van der Waals surface area contributed by atoms with E-state index in [-0.39, 0.29) is 0 Å². The van der Waals surface area contributed by atoms with Gasteiger partial charge in [-0.2, -0.15) is 0 Å². The van der Waals surface area contributed by atoms with E-state index < -0.39 is 23.5 Å². The maximum Gasteiger partial charge on any atom is 0.363 e. The van der Waals surface area contributed by atoms with Crippen molar-refractivity contribution in [3.63, 3.8) is 0 Å². The SMILES string of the molecule is O=[N+]([O-])c1cc(Br)ccc1P(=O)(O)O. The fraction of sp³-hybridized carbons (Fsp3) is 0. The Morgan fingerprint density at radius 2 is 2.00 bits per heavy atom. The van der Waals surface area contributed by atoms with Gasteiger partial charge in [0.2, 0.25) is 0 Å². The van der Waals surface area contributed by atoms with E-state index in [0.29, 0.717) is 4.47 Å². The third-order valence-corrected chi connectivity index (χ3v) is 2.95. The highest BCUT2D eigenvalue weighted by Gasteiger charge is 2.28. The van der Waals surface area contributed by atoms with E-state index >= 15 is 0 Å². The van der Waals surface area contributed by atoms with Crippen LogP contribution in [0, 0.1) is 10.1 Å². The zero-order chi connectivity index (χ0) is 10.9. The van der Waals surface area contributed by atoms with Gasteiger partial charge in [0.1, 0.15) is 5.30 Å². The van der Waals surface area contributed by atoms with Crippen LogP contribution < -0.4 is 5.30 Å². The number of hydrogen-bond donors (Lipinski definition) is 2. The molecule has 76 valence electrons. The highest BCUT2D eigenvalue weighted by atomic mass is 79.9. The summed E-state index contributed by atoms with van der Waals surface area (Å²) in [6, 6.07) is 3.42. The van der Waals surface area contributed by atoms with Gasteiger partial charge >= 0.3 is 7.60 Å². The fourth-order valence-corrected chi connectivity index (χ4v) is 1.95. The van der Waals surface area contributed by atoms with Gasteiger partial charge < -0.3 is 9.79 Å². The van der Waals surface area contributed by atoms with Crippen LogP contribution in [0.2, 0.25) is 0 Å². The van der Waals surface area contributed by atoms with E-state index in [4.69, 9.17) is 9.79 Å². The standard InChI is InChI=1S/C6H5BrNO5P/c7-4-1-2-6(14(11,12)13)5(3-4)8(9)10/h1-3H,(H2,11,12,13). The molecule has 0 aromatic heterocycles. The van der Waals surface area contributed by atoms with E-state index in [0.717, 1.165) is 12.1 Å². The van der Waals surface area contributed by atoms with Gasteiger partial charge in [-0.25, -0.2) is 0 Å². The monoisotopic (exact) mass is 281 g/mol. The minimum atomic E-state index is -4.59. The first kappa shape index (κ1) is 11.3. The summed E-state index contributed by atoms with van der Waals surface area (Å²) in [5, 5.41) is 9.88. The third-order valence-electron chi connectivity index (χ3n) is 1.45. The molecule has 1 aromatic rings. The van der Waals surface area contributed by atoms with E-state index in [1.807, 2.05) is 0 Å². The van der Waals surface area contributed by atoms with Crippen molar-refractivity contribution in [2.75, 3.05) is 0 Å². The number of nitro groups is 1. The van der Waals surface area contributed by atoms with Gasteiger partial charge in [-0.15, -0.1) is 0 Å². The largest absolute Gasteiger partial charge is 0.363 e. The van der Waals surface area contributed by atoms with Crippen molar-refractivity contribution < 1.29 is 19.3 Å². The average molecular weight is 282 g/mol.